The Balaban J connectivity index is 1.38. The number of benzene rings is 1. The zero-order valence-corrected chi connectivity index (χ0v) is 14.8. The molecule has 2 aromatic heterocycles. The first kappa shape index (κ1) is 16.0. The first-order valence-electron chi connectivity index (χ1n) is 8.43. The average Bonchev–Trinajstić information content (AvgIpc) is 3.06. The molecule has 1 aliphatic heterocycles. The van der Waals surface area contributed by atoms with Crippen molar-refractivity contribution in [3.63, 3.8) is 0 Å². The predicted molar refractivity (Wildman–Crippen MR) is 98.1 cm³/mol. The predicted octanol–water partition coefficient (Wildman–Crippen LogP) is 3.68. The number of rotatable bonds is 3. The monoisotopic (exact) mass is 353 g/mol. The number of aryl methyl sites for hydroxylation is 1. The van der Waals surface area contributed by atoms with Gasteiger partial charge in [0.05, 0.1) is 10.2 Å². The summed E-state index contributed by atoms with van der Waals surface area (Å²) in [5.41, 5.74) is 2.88. The van der Waals surface area contributed by atoms with Gasteiger partial charge in [-0.15, -0.1) is 0 Å². The van der Waals surface area contributed by atoms with Gasteiger partial charge in [0.25, 0.3) is 11.1 Å². The Hall–Kier alpha value is -2.47. The summed E-state index contributed by atoms with van der Waals surface area (Å²) in [6.07, 6.45) is 5.07. The number of ether oxygens (including phenoxy) is 1. The lowest BCUT2D eigenvalue weighted by atomic mass is 10.1. The van der Waals surface area contributed by atoms with Gasteiger partial charge in [0.2, 0.25) is 0 Å². The van der Waals surface area contributed by atoms with Crippen molar-refractivity contribution in [2.45, 2.75) is 25.9 Å². The molecule has 0 bridgehead atoms. The minimum absolute atomic E-state index is 0.0662. The highest BCUT2D eigenvalue weighted by Gasteiger charge is 2.25. The van der Waals surface area contributed by atoms with Gasteiger partial charge >= 0.3 is 0 Å². The highest BCUT2D eigenvalue weighted by Crippen LogP contribution is 2.31. The minimum atomic E-state index is 0.0662. The third kappa shape index (κ3) is 3.35. The second kappa shape index (κ2) is 6.80. The molecular formula is C19H19N3O2S. The van der Waals surface area contributed by atoms with Gasteiger partial charge < -0.3 is 9.64 Å². The Kier molecular flexibility index (Phi) is 4.36. The molecule has 128 valence electrons. The highest BCUT2D eigenvalue weighted by molar-refractivity contribution is 7.20. The molecule has 3 aromatic rings. The van der Waals surface area contributed by atoms with E-state index in [1.165, 1.54) is 5.56 Å². The highest BCUT2D eigenvalue weighted by atomic mass is 32.1. The second-order valence-electron chi connectivity index (χ2n) is 6.25. The Morgan fingerprint density at radius 2 is 1.96 bits per heavy atom. The molecule has 1 aliphatic rings. The maximum absolute atomic E-state index is 12.5. The van der Waals surface area contributed by atoms with Crippen LogP contribution in [-0.2, 0) is 0 Å². The van der Waals surface area contributed by atoms with Crippen molar-refractivity contribution in [2.75, 3.05) is 13.1 Å². The molecule has 1 fully saturated rings. The number of carbonyl (C=O) groups excluding carboxylic acids is 1. The maximum atomic E-state index is 12.5. The molecule has 0 radical (unpaired) electrons. The van der Waals surface area contributed by atoms with Gasteiger partial charge in [-0.1, -0.05) is 23.5 Å². The van der Waals surface area contributed by atoms with Crippen molar-refractivity contribution in [1.29, 1.82) is 0 Å². The summed E-state index contributed by atoms with van der Waals surface area (Å²) in [6, 6.07) is 9.70. The van der Waals surface area contributed by atoms with E-state index in [-0.39, 0.29) is 12.0 Å². The summed E-state index contributed by atoms with van der Waals surface area (Å²) in [6.45, 7) is 3.47. The third-order valence-electron chi connectivity index (χ3n) is 4.53. The van der Waals surface area contributed by atoms with E-state index >= 15 is 0 Å². The first-order valence-corrected chi connectivity index (χ1v) is 9.24. The van der Waals surface area contributed by atoms with Crippen LogP contribution in [0.3, 0.4) is 0 Å². The summed E-state index contributed by atoms with van der Waals surface area (Å²) in [5.74, 6) is 0.0662. The van der Waals surface area contributed by atoms with Crippen LogP contribution in [0.2, 0.25) is 0 Å². The van der Waals surface area contributed by atoms with Gasteiger partial charge in [-0.3, -0.25) is 9.78 Å². The smallest absolute Gasteiger partial charge is 0.274 e. The largest absolute Gasteiger partial charge is 0.467 e. The van der Waals surface area contributed by atoms with Crippen molar-refractivity contribution in [1.82, 2.24) is 14.9 Å². The molecule has 1 saturated heterocycles. The Morgan fingerprint density at radius 1 is 1.20 bits per heavy atom. The molecule has 0 spiro atoms. The molecule has 0 unspecified atom stereocenters. The zero-order valence-electron chi connectivity index (χ0n) is 14.0. The summed E-state index contributed by atoms with van der Waals surface area (Å²) in [4.78, 5) is 22.9. The molecule has 0 N–H and O–H groups in total. The van der Waals surface area contributed by atoms with Crippen LogP contribution in [0.25, 0.3) is 10.2 Å². The van der Waals surface area contributed by atoms with Crippen molar-refractivity contribution >= 4 is 27.5 Å². The van der Waals surface area contributed by atoms with Crippen molar-refractivity contribution < 1.29 is 9.53 Å². The summed E-state index contributed by atoms with van der Waals surface area (Å²) in [7, 11) is 0. The average molecular weight is 353 g/mol. The van der Waals surface area contributed by atoms with Crippen LogP contribution in [0, 0.1) is 6.92 Å². The second-order valence-corrected chi connectivity index (χ2v) is 7.24. The fourth-order valence-corrected chi connectivity index (χ4v) is 4.07. The molecule has 0 atom stereocenters. The molecule has 1 amide bonds. The van der Waals surface area contributed by atoms with E-state index < -0.39 is 0 Å². The maximum Gasteiger partial charge on any atom is 0.274 e. The first-order chi connectivity index (χ1) is 12.2. The number of thiazole rings is 1. The van der Waals surface area contributed by atoms with Crippen LogP contribution >= 0.6 is 11.3 Å². The zero-order chi connectivity index (χ0) is 17.2. The van der Waals surface area contributed by atoms with Crippen LogP contribution < -0.4 is 4.74 Å². The Bertz CT molecular complexity index is 886. The van der Waals surface area contributed by atoms with Crippen LogP contribution in [-0.4, -0.2) is 40.0 Å². The van der Waals surface area contributed by atoms with E-state index in [9.17, 15) is 4.79 Å². The summed E-state index contributed by atoms with van der Waals surface area (Å²) < 4.78 is 7.24. The van der Waals surface area contributed by atoms with Gasteiger partial charge in [-0.05, 0) is 30.7 Å². The third-order valence-corrected chi connectivity index (χ3v) is 5.44. The van der Waals surface area contributed by atoms with Crippen LogP contribution in [0.15, 0.2) is 42.7 Å². The van der Waals surface area contributed by atoms with E-state index in [1.807, 2.05) is 11.0 Å². The van der Waals surface area contributed by atoms with Gasteiger partial charge in [0.15, 0.2) is 0 Å². The number of likely N-dealkylation sites (tertiary alicyclic amines) is 1. The minimum Gasteiger partial charge on any atom is -0.467 e. The standard InChI is InChI=1S/C19H19N3O2S/c1-13-3-2-4-16-17(13)21-19(25-16)24-15-7-11-22(12-8-15)18(23)14-5-9-20-10-6-14/h2-6,9-10,15H,7-8,11-12H2,1H3. The van der Waals surface area contributed by atoms with Crippen LogP contribution in [0.1, 0.15) is 28.8 Å². The molecule has 3 heterocycles. The summed E-state index contributed by atoms with van der Waals surface area (Å²) >= 11 is 1.59. The topological polar surface area (TPSA) is 55.3 Å². The Morgan fingerprint density at radius 3 is 2.68 bits per heavy atom. The summed E-state index contributed by atoms with van der Waals surface area (Å²) in [5, 5.41) is 0.725. The molecule has 1 aromatic carbocycles. The van der Waals surface area contributed by atoms with Gasteiger partial charge in [0.1, 0.15) is 6.10 Å². The number of aromatic nitrogens is 2. The molecule has 0 aliphatic carbocycles. The molecule has 25 heavy (non-hydrogen) atoms. The molecular weight excluding hydrogens is 334 g/mol. The number of hydrogen-bond acceptors (Lipinski definition) is 5. The van der Waals surface area contributed by atoms with E-state index in [1.54, 1.807) is 35.9 Å². The van der Waals surface area contributed by atoms with Crippen molar-refractivity contribution in [2.24, 2.45) is 0 Å². The number of hydrogen-bond donors (Lipinski definition) is 0. The van der Waals surface area contributed by atoms with Gasteiger partial charge in [0, 0.05) is 43.9 Å². The van der Waals surface area contributed by atoms with Crippen molar-refractivity contribution in [3.05, 3.63) is 53.9 Å². The number of piperidine rings is 1. The van der Waals surface area contributed by atoms with Crippen molar-refractivity contribution in [3.8, 4) is 5.19 Å². The SMILES string of the molecule is Cc1cccc2sc(OC3CCN(C(=O)c4ccncc4)CC3)nc12. The lowest BCUT2D eigenvalue weighted by molar-refractivity contribution is 0.0595. The Labute approximate surface area is 150 Å². The molecule has 0 saturated carbocycles. The van der Waals surface area contributed by atoms with Crippen LogP contribution in [0.5, 0.6) is 5.19 Å². The number of carbonyl (C=O) groups is 1. The molecule has 5 nitrogen and oxygen atoms in total. The lowest BCUT2D eigenvalue weighted by Gasteiger charge is -2.31. The fraction of sp³-hybridized carbons (Fsp3) is 0.316. The fourth-order valence-electron chi connectivity index (χ4n) is 3.11. The van der Waals surface area contributed by atoms with E-state index in [4.69, 9.17) is 4.74 Å². The lowest BCUT2D eigenvalue weighted by Crippen LogP contribution is -2.41. The number of amides is 1. The van der Waals surface area contributed by atoms with Crippen LogP contribution in [0.4, 0.5) is 0 Å². The van der Waals surface area contributed by atoms with E-state index in [2.05, 4.69) is 29.0 Å². The van der Waals surface area contributed by atoms with E-state index in [0.717, 1.165) is 28.3 Å². The normalized spacial score (nSPS) is 15.5. The van der Waals surface area contributed by atoms with E-state index in [0.29, 0.717) is 18.7 Å². The number of para-hydroxylation sites is 1. The molecule has 4 rings (SSSR count). The molecule has 6 heteroatoms. The van der Waals surface area contributed by atoms with Gasteiger partial charge in [-0.2, -0.15) is 0 Å². The number of pyridine rings is 1. The van der Waals surface area contributed by atoms with Gasteiger partial charge in [-0.25, -0.2) is 4.98 Å². The quantitative estimate of drug-likeness (QED) is 0.721. The number of fused-ring (bicyclic) bond motifs is 1. The number of nitrogens with zero attached hydrogens (tertiary/aromatic N) is 3.